The minimum atomic E-state index is -0.251. The van der Waals surface area contributed by atoms with Gasteiger partial charge in [0.1, 0.15) is 0 Å². The maximum Gasteiger partial charge on any atom is 0.0658 e. The fourth-order valence-corrected chi connectivity index (χ4v) is 3.46. The Bertz CT molecular complexity index is 160. The topological polar surface area (TPSA) is 20.2 Å². The molecule has 12 heavy (non-hydrogen) atoms. The third-order valence-electron chi connectivity index (χ3n) is 3.79. The van der Waals surface area contributed by atoms with E-state index in [1.165, 1.54) is 25.7 Å². The van der Waals surface area contributed by atoms with Crippen molar-refractivity contribution < 1.29 is 5.11 Å². The first kappa shape index (κ1) is 8.55. The molecule has 0 amide bonds. The van der Waals surface area contributed by atoms with Gasteiger partial charge in [-0.1, -0.05) is 26.2 Å². The van der Waals surface area contributed by atoms with E-state index in [-0.39, 0.29) is 5.60 Å². The van der Waals surface area contributed by atoms with E-state index >= 15 is 0 Å². The molecular weight excluding hydrogens is 148 g/mol. The molecule has 70 valence electrons. The lowest BCUT2D eigenvalue weighted by Gasteiger charge is -2.52. The zero-order valence-corrected chi connectivity index (χ0v) is 8.10. The van der Waals surface area contributed by atoms with Crippen molar-refractivity contribution in [2.75, 3.05) is 0 Å². The zero-order valence-electron chi connectivity index (χ0n) is 8.10. The Hall–Kier alpha value is -0.0400. The zero-order chi connectivity index (χ0) is 8.66. The molecule has 0 bridgehead atoms. The molecule has 0 saturated heterocycles. The van der Waals surface area contributed by atoms with Crippen molar-refractivity contribution >= 4 is 0 Å². The van der Waals surface area contributed by atoms with Crippen LogP contribution in [0, 0.1) is 5.41 Å². The second kappa shape index (κ2) is 2.73. The molecule has 2 aliphatic rings. The fourth-order valence-electron chi connectivity index (χ4n) is 3.46. The lowest BCUT2D eigenvalue weighted by atomic mass is 9.57. The average Bonchev–Trinajstić information content (AvgIpc) is 2.35. The minimum Gasteiger partial charge on any atom is -0.390 e. The normalized spacial score (nSPS) is 30.5. The van der Waals surface area contributed by atoms with Crippen molar-refractivity contribution in [3.05, 3.63) is 0 Å². The first-order valence-electron chi connectivity index (χ1n) is 5.41. The van der Waals surface area contributed by atoms with Gasteiger partial charge in [0.05, 0.1) is 5.60 Å². The van der Waals surface area contributed by atoms with E-state index < -0.39 is 0 Å². The third kappa shape index (κ3) is 1.28. The van der Waals surface area contributed by atoms with Gasteiger partial charge in [0.2, 0.25) is 0 Å². The van der Waals surface area contributed by atoms with E-state index in [1.54, 1.807) is 0 Å². The molecule has 2 rings (SSSR count). The van der Waals surface area contributed by atoms with Gasteiger partial charge >= 0.3 is 0 Å². The summed E-state index contributed by atoms with van der Waals surface area (Å²) < 4.78 is 0. The van der Waals surface area contributed by atoms with Crippen molar-refractivity contribution in [3.8, 4) is 0 Å². The molecular formula is C11H20O. The van der Waals surface area contributed by atoms with Gasteiger partial charge in [-0.2, -0.15) is 0 Å². The highest BCUT2D eigenvalue weighted by molar-refractivity contribution is 5.05. The van der Waals surface area contributed by atoms with Crippen LogP contribution in [0.1, 0.15) is 58.3 Å². The van der Waals surface area contributed by atoms with Crippen LogP contribution in [0.2, 0.25) is 0 Å². The molecule has 0 atom stereocenters. The lowest BCUT2D eigenvalue weighted by Crippen LogP contribution is -2.50. The molecule has 1 heteroatoms. The van der Waals surface area contributed by atoms with Crippen LogP contribution in [0.4, 0.5) is 0 Å². The van der Waals surface area contributed by atoms with Gasteiger partial charge < -0.3 is 5.11 Å². The first-order valence-corrected chi connectivity index (χ1v) is 5.41. The Morgan fingerprint density at radius 3 is 2.25 bits per heavy atom. The largest absolute Gasteiger partial charge is 0.390 e. The molecule has 0 heterocycles. The second-order valence-electron chi connectivity index (χ2n) is 5.04. The summed E-state index contributed by atoms with van der Waals surface area (Å²) in [5.74, 6) is 0. The van der Waals surface area contributed by atoms with Crippen molar-refractivity contribution in [2.24, 2.45) is 5.41 Å². The van der Waals surface area contributed by atoms with E-state index in [1.807, 2.05) is 0 Å². The minimum absolute atomic E-state index is 0.251. The standard InChI is InChI=1S/C11H20O/c1-2-5-11(12)8-10(9-11)6-3-4-7-10/h12H,2-9H2,1H3. The Labute approximate surface area is 75.2 Å². The summed E-state index contributed by atoms with van der Waals surface area (Å²) in [5.41, 5.74) is 0.350. The molecule has 0 aliphatic heterocycles. The molecule has 0 aromatic rings. The average molecular weight is 168 g/mol. The van der Waals surface area contributed by atoms with Crippen molar-refractivity contribution in [2.45, 2.75) is 63.9 Å². The number of rotatable bonds is 2. The summed E-state index contributed by atoms with van der Waals surface area (Å²) >= 11 is 0. The predicted octanol–water partition coefficient (Wildman–Crippen LogP) is 2.87. The van der Waals surface area contributed by atoms with Crippen LogP contribution in [0.3, 0.4) is 0 Å². The van der Waals surface area contributed by atoms with Crippen LogP contribution in [-0.4, -0.2) is 10.7 Å². The molecule has 0 aromatic carbocycles. The summed E-state index contributed by atoms with van der Waals surface area (Å²) in [6, 6.07) is 0. The van der Waals surface area contributed by atoms with E-state index in [2.05, 4.69) is 6.92 Å². The van der Waals surface area contributed by atoms with Gasteiger partial charge in [0.15, 0.2) is 0 Å². The van der Waals surface area contributed by atoms with Crippen LogP contribution in [0.25, 0.3) is 0 Å². The smallest absolute Gasteiger partial charge is 0.0658 e. The van der Waals surface area contributed by atoms with Crippen molar-refractivity contribution in [3.63, 3.8) is 0 Å². The molecule has 0 aromatic heterocycles. The molecule has 2 fully saturated rings. The van der Waals surface area contributed by atoms with E-state index in [4.69, 9.17) is 0 Å². The van der Waals surface area contributed by atoms with Crippen LogP contribution in [0.5, 0.6) is 0 Å². The van der Waals surface area contributed by atoms with E-state index in [9.17, 15) is 5.11 Å². The summed E-state index contributed by atoms with van der Waals surface area (Å²) in [6.07, 6.45) is 9.95. The van der Waals surface area contributed by atoms with Gasteiger partial charge in [-0.25, -0.2) is 0 Å². The summed E-state index contributed by atoms with van der Waals surface area (Å²) in [6.45, 7) is 2.16. The van der Waals surface area contributed by atoms with Crippen LogP contribution < -0.4 is 0 Å². The molecule has 1 nitrogen and oxygen atoms in total. The van der Waals surface area contributed by atoms with Crippen molar-refractivity contribution in [1.29, 1.82) is 0 Å². The first-order chi connectivity index (χ1) is 5.68. The SMILES string of the molecule is CCCC1(O)CC2(CCCC2)C1. The van der Waals surface area contributed by atoms with E-state index in [0.29, 0.717) is 5.41 Å². The van der Waals surface area contributed by atoms with Gasteiger partial charge in [-0.3, -0.25) is 0 Å². The second-order valence-corrected chi connectivity index (χ2v) is 5.04. The summed E-state index contributed by atoms with van der Waals surface area (Å²) in [4.78, 5) is 0. The molecule has 0 unspecified atom stereocenters. The van der Waals surface area contributed by atoms with Gasteiger partial charge in [-0.15, -0.1) is 0 Å². The number of aliphatic hydroxyl groups is 1. The van der Waals surface area contributed by atoms with Gasteiger partial charge in [-0.05, 0) is 37.5 Å². The van der Waals surface area contributed by atoms with Gasteiger partial charge in [0.25, 0.3) is 0 Å². The quantitative estimate of drug-likeness (QED) is 0.672. The molecule has 1 N–H and O–H groups in total. The number of hydrogen-bond acceptors (Lipinski definition) is 1. The third-order valence-corrected chi connectivity index (χ3v) is 3.79. The van der Waals surface area contributed by atoms with Gasteiger partial charge in [0, 0.05) is 0 Å². The molecule has 1 spiro atoms. The fraction of sp³-hybridized carbons (Fsp3) is 1.00. The Morgan fingerprint density at radius 1 is 1.17 bits per heavy atom. The van der Waals surface area contributed by atoms with Crippen LogP contribution in [0.15, 0.2) is 0 Å². The Kier molecular flexibility index (Phi) is 1.95. The Balaban J connectivity index is 1.88. The predicted molar refractivity (Wildman–Crippen MR) is 50.0 cm³/mol. The van der Waals surface area contributed by atoms with Crippen molar-refractivity contribution in [1.82, 2.24) is 0 Å². The Morgan fingerprint density at radius 2 is 1.75 bits per heavy atom. The molecule has 2 saturated carbocycles. The molecule has 0 radical (unpaired) electrons. The summed E-state index contributed by atoms with van der Waals surface area (Å²) in [5, 5.41) is 10.0. The van der Waals surface area contributed by atoms with Crippen LogP contribution in [-0.2, 0) is 0 Å². The maximum absolute atomic E-state index is 10.0. The van der Waals surface area contributed by atoms with E-state index in [0.717, 1.165) is 25.7 Å². The highest BCUT2D eigenvalue weighted by atomic mass is 16.3. The lowest BCUT2D eigenvalue weighted by molar-refractivity contribution is -0.130. The highest BCUT2D eigenvalue weighted by Gasteiger charge is 2.53. The molecule has 2 aliphatic carbocycles. The van der Waals surface area contributed by atoms with Crippen LogP contribution >= 0.6 is 0 Å². The summed E-state index contributed by atoms with van der Waals surface area (Å²) in [7, 11) is 0. The monoisotopic (exact) mass is 168 g/mol. The number of hydrogen-bond donors (Lipinski definition) is 1. The highest BCUT2D eigenvalue weighted by Crippen LogP contribution is 2.59. The maximum atomic E-state index is 10.0.